The van der Waals surface area contributed by atoms with Gasteiger partial charge in [-0.1, -0.05) is 17.7 Å². The normalized spacial score (nSPS) is 14.6. The van der Waals surface area contributed by atoms with E-state index in [0.29, 0.717) is 18.2 Å². The third-order valence-corrected chi connectivity index (χ3v) is 5.67. The predicted molar refractivity (Wildman–Crippen MR) is 121 cm³/mol. The molecule has 7 heteroatoms. The molecule has 0 atom stereocenters. The lowest BCUT2D eigenvalue weighted by Crippen LogP contribution is -2.47. The van der Waals surface area contributed by atoms with E-state index in [1.165, 1.54) is 5.56 Å². The minimum atomic E-state index is 0.510. The highest BCUT2D eigenvalue weighted by molar-refractivity contribution is 6.32. The molecule has 164 valence electrons. The number of nitrogens with zero attached hydrogens (tertiary/aromatic N) is 2. The molecule has 0 aromatic heterocycles. The highest BCUT2D eigenvalue weighted by atomic mass is 35.5. The highest BCUT2D eigenvalue weighted by Gasteiger charge is 2.18. The van der Waals surface area contributed by atoms with Gasteiger partial charge in [-0.15, -0.1) is 0 Å². The van der Waals surface area contributed by atoms with Crippen LogP contribution < -0.4 is 19.1 Å². The van der Waals surface area contributed by atoms with E-state index < -0.39 is 0 Å². The average Bonchev–Trinajstić information content (AvgIpc) is 2.79. The summed E-state index contributed by atoms with van der Waals surface area (Å²) in [5.41, 5.74) is 2.40. The van der Waals surface area contributed by atoms with Crippen molar-refractivity contribution in [3.8, 4) is 17.2 Å². The summed E-state index contributed by atoms with van der Waals surface area (Å²) >= 11 is 6.15. The molecule has 0 N–H and O–H groups in total. The minimum Gasteiger partial charge on any atom is -0.495 e. The van der Waals surface area contributed by atoms with E-state index in [2.05, 4.69) is 28.0 Å². The molecule has 0 spiro atoms. The van der Waals surface area contributed by atoms with Crippen LogP contribution in [0.15, 0.2) is 36.4 Å². The largest absolute Gasteiger partial charge is 0.495 e. The zero-order valence-corrected chi connectivity index (χ0v) is 18.8. The lowest BCUT2D eigenvalue weighted by molar-refractivity contribution is 0.144. The van der Waals surface area contributed by atoms with Crippen LogP contribution in [0, 0.1) is 0 Å². The van der Waals surface area contributed by atoms with E-state index in [1.54, 1.807) is 21.3 Å². The van der Waals surface area contributed by atoms with Crippen molar-refractivity contribution in [1.29, 1.82) is 0 Å². The Morgan fingerprint density at radius 2 is 1.60 bits per heavy atom. The Morgan fingerprint density at radius 3 is 2.30 bits per heavy atom. The standard InChI is InChI=1S/C23H31ClN2O4/c1-27-14-15-30-21-7-4-18(16-23(21)29-3)8-9-25-10-12-26(13-11-25)19-5-6-20(24)22(17-19)28-2/h4-7,16-17H,8-15H2,1-3H3. The van der Waals surface area contributed by atoms with Crippen molar-refractivity contribution in [2.45, 2.75) is 6.42 Å². The van der Waals surface area contributed by atoms with E-state index in [0.717, 1.165) is 62.1 Å². The van der Waals surface area contributed by atoms with Gasteiger partial charge in [-0.2, -0.15) is 0 Å². The zero-order chi connectivity index (χ0) is 21.3. The maximum atomic E-state index is 6.15. The first-order valence-corrected chi connectivity index (χ1v) is 10.6. The molecule has 2 aromatic carbocycles. The van der Waals surface area contributed by atoms with Gasteiger partial charge in [-0.25, -0.2) is 0 Å². The SMILES string of the molecule is COCCOc1ccc(CCN2CCN(c3ccc(Cl)c(OC)c3)CC2)cc1OC. The molecule has 0 bridgehead atoms. The third-order valence-electron chi connectivity index (χ3n) is 5.36. The van der Waals surface area contributed by atoms with Gasteiger partial charge in [0.05, 0.1) is 25.8 Å². The number of hydrogen-bond acceptors (Lipinski definition) is 6. The maximum absolute atomic E-state index is 6.15. The summed E-state index contributed by atoms with van der Waals surface area (Å²) in [5, 5.41) is 0.644. The Hall–Kier alpha value is -2.15. The molecule has 0 saturated carbocycles. The van der Waals surface area contributed by atoms with E-state index in [9.17, 15) is 0 Å². The van der Waals surface area contributed by atoms with Crippen LogP contribution in [0.25, 0.3) is 0 Å². The number of piperazine rings is 1. The van der Waals surface area contributed by atoms with Crippen molar-refractivity contribution in [3.05, 3.63) is 47.0 Å². The molecular weight excluding hydrogens is 404 g/mol. The van der Waals surface area contributed by atoms with Gasteiger partial charge < -0.3 is 23.8 Å². The molecule has 30 heavy (non-hydrogen) atoms. The van der Waals surface area contributed by atoms with Crippen LogP contribution in [-0.2, 0) is 11.2 Å². The van der Waals surface area contributed by atoms with Crippen molar-refractivity contribution < 1.29 is 18.9 Å². The first-order valence-electron chi connectivity index (χ1n) is 10.2. The third kappa shape index (κ3) is 5.94. The fourth-order valence-electron chi connectivity index (χ4n) is 3.58. The topological polar surface area (TPSA) is 43.4 Å². The number of rotatable bonds is 10. The summed E-state index contributed by atoms with van der Waals surface area (Å²) in [6, 6.07) is 12.1. The summed E-state index contributed by atoms with van der Waals surface area (Å²) in [5.74, 6) is 2.25. The van der Waals surface area contributed by atoms with Crippen molar-refractivity contribution >= 4 is 17.3 Å². The lowest BCUT2D eigenvalue weighted by atomic mass is 10.1. The minimum absolute atomic E-state index is 0.510. The second-order valence-electron chi connectivity index (χ2n) is 7.22. The maximum Gasteiger partial charge on any atom is 0.161 e. The van der Waals surface area contributed by atoms with E-state index in [1.807, 2.05) is 18.2 Å². The van der Waals surface area contributed by atoms with E-state index >= 15 is 0 Å². The summed E-state index contributed by atoms with van der Waals surface area (Å²) in [4.78, 5) is 4.88. The van der Waals surface area contributed by atoms with Gasteiger partial charge >= 0.3 is 0 Å². The average molecular weight is 435 g/mol. The Labute approximate surface area is 184 Å². The molecular formula is C23H31ClN2O4. The van der Waals surface area contributed by atoms with Crippen LogP contribution in [0.3, 0.4) is 0 Å². The summed E-state index contributed by atoms with van der Waals surface area (Å²) in [7, 11) is 4.99. The summed E-state index contributed by atoms with van der Waals surface area (Å²) < 4.78 is 21.6. The van der Waals surface area contributed by atoms with Crippen LogP contribution >= 0.6 is 11.6 Å². The van der Waals surface area contributed by atoms with Crippen molar-refractivity contribution in [2.24, 2.45) is 0 Å². The first-order chi connectivity index (χ1) is 14.6. The van der Waals surface area contributed by atoms with Gasteiger partial charge in [0, 0.05) is 51.6 Å². The Balaban J connectivity index is 1.49. The molecule has 0 radical (unpaired) electrons. The second-order valence-corrected chi connectivity index (χ2v) is 7.63. The smallest absolute Gasteiger partial charge is 0.161 e. The van der Waals surface area contributed by atoms with Gasteiger partial charge in [-0.3, -0.25) is 4.90 Å². The van der Waals surface area contributed by atoms with E-state index in [-0.39, 0.29) is 0 Å². The number of halogens is 1. The highest BCUT2D eigenvalue weighted by Crippen LogP contribution is 2.30. The van der Waals surface area contributed by atoms with Gasteiger partial charge in [0.2, 0.25) is 0 Å². The van der Waals surface area contributed by atoms with Crippen LogP contribution in [0.1, 0.15) is 5.56 Å². The fraction of sp³-hybridized carbons (Fsp3) is 0.478. The van der Waals surface area contributed by atoms with Crippen LogP contribution in [-0.4, -0.2) is 72.2 Å². The quantitative estimate of drug-likeness (QED) is 0.531. The second kappa shape index (κ2) is 11.3. The molecule has 0 aliphatic carbocycles. The van der Waals surface area contributed by atoms with E-state index in [4.69, 9.17) is 30.5 Å². The molecule has 1 fully saturated rings. The predicted octanol–water partition coefficient (Wildman–Crippen LogP) is 3.75. The summed E-state index contributed by atoms with van der Waals surface area (Å²) in [6.45, 7) is 6.11. The summed E-state index contributed by atoms with van der Waals surface area (Å²) in [6.07, 6.45) is 0.976. The number of methoxy groups -OCH3 is 3. The van der Waals surface area contributed by atoms with Crippen LogP contribution in [0.5, 0.6) is 17.2 Å². The molecule has 1 heterocycles. The monoisotopic (exact) mass is 434 g/mol. The Kier molecular flexibility index (Phi) is 8.49. The van der Waals surface area contributed by atoms with Crippen molar-refractivity contribution in [1.82, 2.24) is 4.90 Å². The molecule has 6 nitrogen and oxygen atoms in total. The fourth-order valence-corrected chi connectivity index (χ4v) is 3.78. The molecule has 1 saturated heterocycles. The number of anilines is 1. The molecule has 3 rings (SSSR count). The molecule has 1 aliphatic rings. The van der Waals surface area contributed by atoms with Gasteiger partial charge in [-0.05, 0) is 36.2 Å². The van der Waals surface area contributed by atoms with Gasteiger partial charge in [0.1, 0.15) is 12.4 Å². The van der Waals surface area contributed by atoms with Crippen LogP contribution in [0.4, 0.5) is 5.69 Å². The Bertz CT molecular complexity index is 810. The van der Waals surface area contributed by atoms with Crippen LogP contribution in [0.2, 0.25) is 5.02 Å². The number of hydrogen-bond donors (Lipinski definition) is 0. The lowest BCUT2D eigenvalue weighted by Gasteiger charge is -2.36. The molecule has 2 aromatic rings. The van der Waals surface area contributed by atoms with Gasteiger partial charge in [0.15, 0.2) is 11.5 Å². The van der Waals surface area contributed by atoms with Crippen molar-refractivity contribution in [3.63, 3.8) is 0 Å². The number of ether oxygens (including phenoxy) is 4. The molecule has 0 amide bonds. The zero-order valence-electron chi connectivity index (χ0n) is 18.0. The Morgan fingerprint density at radius 1 is 0.833 bits per heavy atom. The van der Waals surface area contributed by atoms with Gasteiger partial charge in [0.25, 0.3) is 0 Å². The molecule has 1 aliphatic heterocycles. The molecule has 0 unspecified atom stereocenters. The van der Waals surface area contributed by atoms with Crippen molar-refractivity contribution in [2.75, 3.05) is 72.2 Å². The number of benzene rings is 2. The first kappa shape index (κ1) is 22.5.